The summed E-state index contributed by atoms with van der Waals surface area (Å²) in [6, 6.07) is 2.16. The summed E-state index contributed by atoms with van der Waals surface area (Å²) in [6.07, 6.45) is 2.01. The van der Waals surface area contributed by atoms with Gasteiger partial charge in [-0.3, -0.25) is 0 Å². The first kappa shape index (κ1) is 20.5. The Bertz CT molecular complexity index is 1200. The van der Waals surface area contributed by atoms with Crippen LogP contribution in [0.15, 0.2) is 36.7 Å². The van der Waals surface area contributed by atoms with E-state index in [1.807, 2.05) is 0 Å². The number of alkyl halides is 2. The van der Waals surface area contributed by atoms with Crippen LogP contribution >= 0.6 is 0 Å². The van der Waals surface area contributed by atoms with Gasteiger partial charge in [-0.25, -0.2) is 31.9 Å². The van der Waals surface area contributed by atoms with Crippen LogP contribution in [-0.2, 0) is 0 Å². The first-order chi connectivity index (χ1) is 15.2. The van der Waals surface area contributed by atoms with Gasteiger partial charge in [0.2, 0.25) is 0 Å². The molecule has 3 heterocycles. The van der Waals surface area contributed by atoms with Crippen molar-refractivity contribution in [1.29, 1.82) is 0 Å². The molecular formula is C20H18F4N6O2. The van der Waals surface area contributed by atoms with Crippen molar-refractivity contribution in [3.8, 4) is 0 Å². The van der Waals surface area contributed by atoms with Gasteiger partial charge >= 0.3 is 6.03 Å². The molecule has 0 bridgehead atoms. The van der Waals surface area contributed by atoms with E-state index >= 15 is 0 Å². The zero-order chi connectivity index (χ0) is 22.6. The zero-order valence-electron chi connectivity index (χ0n) is 16.5. The van der Waals surface area contributed by atoms with E-state index in [0.717, 1.165) is 18.2 Å². The number of carbonyl (C=O) groups excluding carboxylic acids is 1. The lowest BCUT2D eigenvalue weighted by Gasteiger charge is -2.25. The largest absolute Gasteiger partial charge is 0.391 e. The van der Waals surface area contributed by atoms with Crippen LogP contribution in [0.2, 0.25) is 0 Å². The molecule has 3 N–H and O–H groups in total. The van der Waals surface area contributed by atoms with Gasteiger partial charge in [-0.05, 0) is 30.7 Å². The number of hydrogen-bond acceptors (Lipinski definition) is 5. The minimum absolute atomic E-state index is 0.102. The van der Waals surface area contributed by atoms with Gasteiger partial charge in [0, 0.05) is 18.2 Å². The van der Waals surface area contributed by atoms with Gasteiger partial charge in [0.25, 0.3) is 5.92 Å². The van der Waals surface area contributed by atoms with Crippen LogP contribution in [0.3, 0.4) is 0 Å². The Morgan fingerprint density at radius 1 is 1.25 bits per heavy atom. The fraction of sp³-hybridized carbons (Fsp3) is 0.350. The lowest BCUT2D eigenvalue weighted by molar-refractivity contribution is 0.0221. The second-order valence-corrected chi connectivity index (χ2v) is 7.99. The molecule has 1 aliphatic heterocycles. The summed E-state index contributed by atoms with van der Waals surface area (Å²) in [7, 11) is 0. The maximum atomic E-state index is 14.4. The standard InChI is InChI=1S/C20H18F4N6O2/c21-10-1-2-12(22)11(5-10)15-7-20(23,24)9-29(15)17-3-4-30-18(28-17)14(8-25-30)27-19(32)26-13-6-16(13)31/h1-5,8,13,15-16,31H,6-7,9H2,(H2,26,27,32)/t13-,15-,16-/m1/s1. The average molecular weight is 450 g/mol. The summed E-state index contributed by atoms with van der Waals surface area (Å²) in [6.45, 7) is -0.728. The smallest absolute Gasteiger partial charge is 0.319 e. The quantitative estimate of drug-likeness (QED) is 0.532. The molecule has 2 aliphatic rings. The van der Waals surface area contributed by atoms with E-state index in [1.54, 1.807) is 0 Å². The molecule has 0 spiro atoms. The molecule has 0 radical (unpaired) electrons. The number of nitrogens with zero attached hydrogens (tertiary/aromatic N) is 4. The fourth-order valence-corrected chi connectivity index (χ4v) is 3.88. The molecule has 12 heteroatoms. The normalized spacial score (nSPS) is 24.0. The lowest BCUT2D eigenvalue weighted by Crippen LogP contribution is -2.32. The number of benzene rings is 1. The molecule has 168 valence electrons. The van der Waals surface area contributed by atoms with Crippen LogP contribution in [0.1, 0.15) is 24.4 Å². The number of aliphatic hydroxyl groups excluding tert-OH is 1. The number of nitrogens with one attached hydrogen (secondary N) is 2. The number of halogens is 4. The number of hydrogen-bond donors (Lipinski definition) is 3. The summed E-state index contributed by atoms with van der Waals surface area (Å²) >= 11 is 0. The van der Waals surface area contributed by atoms with Crippen LogP contribution in [-0.4, -0.2) is 50.3 Å². The van der Waals surface area contributed by atoms with E-state index in [9.17, 15) is 27.5 Å². The van der Waals surface area contributed by atoms with E-state index in [4.69, 9.17) is 0 Å². The van der Waals surface area contributed by atoms with Gasteiger partial charge in [-0.2, -0.15) is 5.10 Å². The van der Waals surface area contributed by atoms with Crippen molar-refractivity contribution in [3.63, 3.8) is 0 Å². The van der Waals surface area contributed by atoms with E-state index in [0.29, 0.717) is 6.42 Å². The molecule has 1 saturated carbocycles. The maximum Gasteiger partial charge on any atom is 0.319 e. The second-order valence-electron chi connectivity index (χ2n) is 7.99. The van der Waals surface area contributed by atoms with Crippen molar-refractivity contribution in [2.24, 2.45) is 0 Å². The number of aromatic nitrogens is 3. The Hall–Kier alpha value is -3.41. The lowest BCUT2D eigenvalue weighted by atomic mass is 10.0. The summed E-state index contributed by atoms with van der Waals surface area (Å²) in [4.78, 5) is 17.7. The van der Waals surface area contributed by atoms with Gasteiger partial charge in [0.15, 0.2) is 5.65 Å². The third-order valence-corrected chi connectivity index (χ3v) is 5.56. The number of fused-ring (bicyclic) bond motifs is 1. The highest BCUT2D eigenvalue weighted by atomic mass is 19.3. The predicted octanol–water partition coefficient (Wildman–Crippen LogP) is 2.85. The third kappa shape index (κ3) is 3.81. The Balaban J connectivity index is 1.47. The van der Waals surface area contributed by atoms with Crippen molar-refractivity contribution < 1.29 is 27.5 Å². The third-order valence-electron chi connectivity index (χ3n) is 5.56. The number of rotatable bonds is 4. The number of aliphatic hydroxyl groups is 1. The van der Waals surface area contributed by atoms with Crippen LogP contribution in [0.25, 0.3) is 5.65 Å². The van der Waals surface area contributed by atoms with Crippen LogP contribution < -0.4 is 15.5 Å². The molecule has 2 amide bonds. The Labute approximate surface area is 178 Å². The van der Waals surface area contributed by atoms with Gasteiger partial charge in [0.1, 0.15) is 23.1 Å². The SMILES string of the molecule is O=C(Nc1cnn2ccc(N3CC(F)(F)C[C@@H]3c3cc(F)ccc3F)nc12)N[C@@H]1C[C@H]1O. The molecule has 8 nitrogen and oxygen atoms in total. The molecule has 3 atom stereocenters. The summed E-state index contributed by atoms with van der Waals surface area (Å²) in [5.74, 6) is -4.55. The number of carbonyl (C=O) groups is 1. The highest BCUT2D eigenvalue weighted by Gasteiger charge is 2.47. The van der Waals surface area contributed by atoms with Crippen LogP contribution in [0.4, 0.5) is 33.9 Å². The molecule has 3 aromatic rings. The van der Waals surface area contributed by atoms with Gasteiger partial charge in [-0.15, -0.1) is 0 Å². The molecule has 2 aromatic heterocycles. The molecular weight excluding hydrogens is 432 g/mol. The van der Waals surface area contributed by atoms with E-state index in [1.165, 1.54) is 27.9 Å². The maximum absolute atomic E-state index is 14.4. The number of amides is 2. The molecule has 32 heavy (non-hydrogen) atoms. The Kier molecular flexibility index (Phi) is 4.69. The van der Waals surface area contributed by atoms with Crippen LogP contribution in [0.5, 0.6) is 0 Å². The summed E-state index contributed by atoms with van der Waals surface area (Å²) in [5.41, 5.74) is 0.222. The summed E-state index contributed by atoms with van der Waals surface area (Å²) in [5, 5.41) is 18.5. The summed E-state index contributed by atoms with van der Waals surface area (Å²) < 4.78 is 58.1. The highest BCUT2D eigenvalue weighted by Crippen LogP contribution is 2.44. The van der Waals surface area contributed by atoms with Crippen molar-refractivity contribution in [1.82, 2.24) is 19.9 Å². The minimum Gasteiger partial charge on any atom is -0.391 e. The van der Waals surface area contributed by atoms with Crippen molar-refractivity contribution in [2.45, 2.75) is 37.0 Å². The molecule has 0 unspecified atom stereocenters. The number of urea groups is 1. The second kappa shape index (κ2) is 7.33. The Morgan fingerprint density at radius 3 is 2.78 bits per heavy atom. The van der Waals surface area contributed by atoms with Crippen LogP contribution in [0, 0.1) is 11.6 Å². The van der Waals surface area contributed by atoms with Gasteiger partial charge < -0.3 is 20.6 Å². The van der Waals surface area contributed by atoms with Crippen molar-refractivity contribution in [3.05, 3.63) is 53.9 Å². The molecule has 1 aromatic carbocycles. The monoisotopic (exact) mass is 450 g/mol. The fourth-order valence-electron chi connectivity index (χ4n) is 3.88. The zero-order valence-corrected chi connectivity index (χ0v) is 16.5. The predicted molar refractivity (Wildman–Crippen MR) is 106 cm³/mol. The van der Waals surface area contributed by atoms with Gasteiger partial charge in [0.05, 0.1) is 30.9 Å². The topological polar surface area (TPSA) is 94.8 Å². The molecule has 1 aliphatic carbocycles. The van der Waals surface area contributed by atoms with E-state index in [2.05, 4.69) is 20.7 Å². The first-order valence-corrected chi connectivity index (χ1v) is 9.89. The first-order valence-electron chi connectivity index (χ1n) is 9.89. The molecule has 1 saturated heterocycles. The Morgan fingerprint density at radius 2 is 2.03 bits per heavy atom. The molecule has 2 fully saturated rings. The highest BCUT2D eigenvalue weighted by molar-refractivity contribution is 5.93. The van der Waals surface area contributed by atoms with Gasteiger partial charge in [-0.1, -0.05) is 0 Å². The van der Waals surface area contributed by atoms with Crippen molar-refractivity contribution >= 4 is 23.2 Å². The average Bonchev–Trinajstić information content (AvgIpc) is 3.14. The van der Waals surface area contributed by atoms with E-state index < -0.39 is 48.7 Å². The van der Waals surface area contributed by atoms with E-state index in [-0.39, 0.29) is 28.8 Å². The molecule has 5 rings (SSSR count). The number of anilines is 2. The van der Waals surface area contributed by atoms with Crippen molar-refractivity contribution in [2.75, 3.05) is 16.8 Å². The minimum atomic E-state index is -3.14.